The van der Waals surface area contributed by atoms with Crippen LogP contribution in [0.4, 0.5) is 11.4 Å². The Labute approximate surface area is 124 Å². The predicted octanol–water partition coefficient (Wildman–Crippen LogP) is 5.36. The third kappa shape index (κ3) is 3.19. The van der Waals surface area contributed by atoms with E-state index in [1.807, 2.05) is 0 Å². The highest BCUT2D eigenvalue weighted by atomic mass is 79.9. The largest absolute Gasteiger partial charge is 0.342 e. The van der Waals surface area contributed by atoms with Gasteiger partial charge in [0, 0.05) is 23.2 Å². The van der Waals surface area contributed by atoms with Crippen molar-refractivity contribution in [3.63, 3.8) is 0 Å². The van der Waals surface area contributed by atoms with Crippen LogP contribution in [0.25, 0.3) is 0 Å². The molecule has 100 valence electrons. The molecule has 0 fully saturated rings. The SMILES string of the molecule is CCN(c1cccc(C)c1)c1ccc(C)cc1CBr. The first-order valence-corrected chi connectivity index (χ1v) is 7.77. The lowest BCUT2D eigenvalue weighted by atomic mass is 10.1. The number of benzene rings is 2. The fourth-order valence-corrected chi connectivity index (χ4v) is 2.82. The zero-order valence-corrected chi connectivity index (χ0v) is 13.4. The molecular weight excluding hydrogens is 298 g/mol. The van der Waals surface area contributed by atoms with Crippen molar-refractivity contribution in [2.24, 2.45) is 0 Å². The Balaban J connectivity index is 2.48. The highest BCUT2D eigenvalue weighted by Crippen LogP contribution is 2.30. The number of aryl methyl sites for hydroxylation is 2. The van der Waals surface area contributed by atoms with Crippen LogP contribution in [0.5, 0.6) is 0 Å². The summed E-state index contributed by atoms with van der Waals surface area (Å²) in [6.07, 6.45) is 0. The minimum atomic E-state index is 0.881. The average molecular weight is 318 g/mol. The number of hydrogen-bond acceptors (Lipinski definition) is 1. The number of alkyl halides is 1. The molecule has 0 radical (unpaired) electrons. The van der Waals surface area contributed by atoms with E-state index in [9.17, 15) is 0 Å². The molecule has 0 unspecified atom stereocenters. The standard InChI is InChI=1S/C17H20BrN/c1-4-19(16-7-5-6-13(2)11-16)17-9-8-14(3)10-15(17)12-18/h5-11H,4,12H2,1-3H3. The van der Waals surface area contributed by atoms with E-state index >= 15 is 0 Å². The molecule has 0 atom stereocenters. The maximum atomic E-state index is 3.60. The fourth-order valence-electron chi connectivity index (χ4n) is 2.37. The van der Waals surface area contributed by atoms with Crippen molar-refractivity contribution in [2.75, 3.05) is 11.4 Å². The van der Waals surface area contributed by atoms with Gasteiger partial charge in [0.25, 0.3) is 0 Å². The molecule has 2 aromatic rings. The first kappa shape index (κ1) is 14.1. The summed E-state index contributed by atoms with van der Waals surface area (Å²) in [5.74, 6) is 0. The van der Waals surface area contributed by atoms with Crippen molar-refractivity contribution < 1.29 is 0 Å². The van der Waals surface area contributed by atoms with E-state index in [1.54, 1.807) is 0 Å². The van der Waals surface area contributed by atoms with E-state index in [0.29, 0.717) is 0 Å². The van der Waals surface area contributed by atoms with Gasteiger partial charge in [-0.2, -0.15) is 0 Å². The number of hydrogen-bond donors (Lipinski definition) is 0. The summed E-state index contributed by atoms with van der Waals surface area (Å²) in [6.45, 7) is 7.43. The van der Waals surface area contributed by atoms with Gasteiger partial charge < -0.3 is 4.90 Å². The van der Waals surface area contributed by atoms with Gasteiger partial charge in [0.2, 0.25) is 0 Å². The minimum absolute atomic E-state index is 0.881. The molecule has 0 aliphatic carbocycles. The zero-order chi connectivity index (χ0) is 13.8. The summed E-state index contributed by atoms with van der Waals surface area (Å²) >= 11 is 3.60. The zero-order valence-electron chi connectivity index (χ0n) is 11.8. The Morgan fingerprint density at radius 3 is 2.37 bits per heavy atom. The van der Waals surface area contributed by atoms with Gasteiger partial charge in [0.15, 0.2) is 0 Å². The van der Waals surface area contributed by atoms with E-state index in [4.69, 9.17) is 0 Å². The normalized spacial score (nSPS) is 10.5. The highest BCUT2D eigenvalue weighted by Gasteiger charge is 2.11. The van der Waals surface area contributed by atoms with Crippen LogP contribution in [0, 0.1) is 13.8 Å². The second kappa shape index (κ2) is 6.25. The fraction of sp³-hybridized carbons (Fsp3) is 0.294. The molecule has 0 amide bonds. The van der Waals surface area contributed by atoms with Crippen molar-refractivity contribution in [1.29, 1.82) is 0 Å². The van der Waals surface area contributed by atoms with Gasteiger partial charge in [-0.15, -0.1) is 0 Å². The van der Waals surface area contributed by atoms with Gasteiger partial charge in [-0.1, -0.05) is 45.8 Å². The maximum absolute atomic E-state index is 3.60. The van der Waals surface area contributed by atoms with Crippen LogP contribution >= 0.6 is 15.9 Å². The highest BCUT2D eigenvalue weighted by molar-refractivity contribution is 9.08. The molecule has 0 aliphatic rings. The van der Waals surface area contributed by atoms with Crippen molar-refractivity contribution in [1.82, 2.24) is 0 Å². The van der Waals surface area contributed by atoms with Gasteiger partial charge in [-0.05, 0) is 50.1 Å². The van der Waals surface area contributed by atoms with Crippen LogP contribution in [-0.4, -0.2) is 6.54 Å². The Hall–Kier alpha value is -1.28. The Morgan fingerprint density at radius 2 is 1.74 bits per heavy atom. The van der Waals surface area contributed by atoms with Crippen molar-refractivity contribution >= 4 is 27.3 Å². The first-order valence-electron chi connectivity index (χ1n) is 6.65. The molecule has 1 nitrogen and oxygen atoms in total. The van der Waals surface area contributed by atoms with E-state index in [0.717, 1.165) is 11.9 Å². The van der Waals surface area contributed by atoms with E-state index in [-0.39, 0.29) is 0 Å². The molecule has 0 aliphatic heterocycles. The molecule has 2 aromatic carbocycles. The number of halogens is 1. The van der Waals surface area contributed by atoms with E-state index < -0.39 is 0 Å². The number of anilines is 2. The lowest BCUT2D eigenvalue weighted by Gasteiger charge is -2.26. The van der Waals surface area contributed by atoms with Crippen LogP contribution in [0.3, 0.4) is 0 Å². The molecule has 19 heavy (non-hydrogen) atoms. The molecule has 2 heteroatoms. The van der Waals surface area contributed by atoms with Crippen LogP contribution in [-0.2, 0) is 5.33 Å². The van der Waals surface area contributed by atoms with Crippen molar-refractivity contribution in [3.05, 3.63) is 59.2 Å². The molecule has 0 aromatic heterocycles. The first-order chi connectivity index (χ1) is 9.15. The van der Waals surface area contributed by atoms with Crippen LogP contribution in [0.2, 0.25) is 0 Å². The lowest BCUT2D eigenvalue weighted by molar-refractivity contribution is 1.01. The summed E-state index contributed by atoms with van der Waals surface area (Å²) in [6, 6.07) is 15.3. The molecule has 2 rings (SSSR count). The summed E-state index contributed by atoms with van der Waals surface area (Å²) < 4.78 is 0. The quantitative estimate of drug-likeness (QED) is 0.686. The van der Waals surface area contributed by atoms with Gasteiger partial charge in [0.05, 0.1) is 0 Å². The molecule has 0 saturated carbocycles. The van der Waals surface area contributed by atoms with E-state index in [2.05, 4.69) is 84.1 Å². The molecule has 0 saturated heterocycles. The minimum Gasteiger partial charge on any atom is -0.342 e. The Morgan fingerprint density at radius 1 is 1.00 bits per heavy atom. The number of rotatable bonds is 4. The summed E-state index contributed by atoms with van der Waals surface area (Å²) in [5, 5.41) is 0.881. The Kier molecular flexibility index (Phi) is 4.65. The topological polar surface area (TPSA) is 3.24 Å². The summed E-state index contributed by atoms with van der Waals surface area (Å²) in [4.78, 5) is 2.36. The molecule has 0 bridgehead atoms. The Bertz CT molecular complexity index is 563. The third-order valence-electron chi connectivity index (χ3n) is 3.30. The van der Waals surface area contributed by atoms with Crippen LogP contribution in [0.15, 0.2) is 42.5 Å². The smallest absolute Gasteiger partial charge is 0.0451 e. The average Bonchev–Trinajstić information content (AvgIpc) is 2.41. The maximum Gasteiger partial charge on any atom is 0.0451 e. The van der Waals surface area contributed by atoms with Crippen LogP contribution < -0.4 is 4.90 Å². The van der Waals surface area contributed by atoms with Gasteiger partial charge in [-0.3, -0.25) is 0 Å². The second-order valence-electron chi connectivity index (χ2n) is 4.85. The third-order valence-corrected chi connectivity index (χ3v) is 3.90. The van der Waals surface area contributed by atoms with Crippen molar-refractivity contribution in [3.8, 4) is 0 Å². The summed E-state index contributed by atoms with van der Waals surface area (Å²) in [5.41, 5.74) is 6.48. The number of nitrogens with zero attached hydrogens (tertiary/aromatic N) is 1. The van der Waals surface area contributed by atoms with Crippen molar-refractivity contribution in [2.45, 2.75) is 26.1 Å². The molecule has 0 N–H and O–H groups in total. The van der Waals surface area contributed by atoms with Gasteiger partial charge >= 0.3 is 0 Å². The van der Waals surface area contributed by atoms with Gasteiger partial charge in [0.1, 0.15) is 0 Å². The molecule has 0 spiro atoms. The molecule has 0 heterocycles. The summed E-state index contributed by atoms with van der Waals surface area (Å²) in [7, 11) is 0. The monoisotopic (exact) mass is 317 g/mol. The second-order valence-corrected chi connectivity index (χ2v) is 5.41. The lowest BCUT2D eigenvalue weighted by Crippen LogP contribution is -2.17. The van der Waals surface area contributed by atoms with E-state index in [1.165, 1.54) is 28.1 Å². The van der Waals surface area contributed by atoms with Crippen LogP contribution in [0.1, 0.15) is 23.6 Å². The predicted molar refractivity (Wildman–Crippen MR) is 87.7 cm³/mol. The molecular formula is C17H20BrN. The van der Waals surface area contributed by atoms with Gasteiger partial charge in [-0.25, -0.2) is 0 Å².